The first-order valence-corrected chi connectivity index (χ1v) is 3.29. The van der Waals surface area contributed by atoms with Gasteiger partial charge in [-0.1, -0.05) is 31.5 Å². The smallest absolute Gasteiger partial charge is 0.449 e. The second-order valence-corrected chi connectivity index (χ2v) is 2.74. The first-order chi connectivity index (χ1) is 4.08. The van der Waals surface area contributed by atoms with Gasteiger partial charge in [-0.15, -0.1) is 0 Å². The van der Waals surface area contributed by atoms with Gasteiger partial charge in [-0.05, 0) is 0 Å². The van der Waals surface area contributed by atoms with Crippen LogP contribution < -0.4 is 51.4 Å². The standard InChI is InChI=1S/C5H9BF3.K/c7-6(8,9)4-5-2-1-3-5;/h5H,1-4H2;/q-1;+1. The van der Waals surface area contributed by atoms with Crippen LogP contribution in [0.4, 0.5) is 12.9 Å². The molecule has 1 rings (SSSR count). The van der Waals surface area contributed by atoms with Crippen molar-refractivity contribution >= 4 is 6.98 Å². The van der Waals surface area contributed by atoms with E-state index < -0.39 is 13.3 Å². The average molecular weight is 176 g/mol. The Hall–Kier alpha value is 1.49. The van der Waals surface area contributed by atoms with Crippen molar-refractivity contribution in [3.8, 4) is 0 Å². The van der Waals surface area contributed by atoms with Gasteiger partial charge in [0.2, 0.25) is 0 Å². The molecule has 5 heteroatoms. The van der Waals surface area contributed by atoms with E-state index in [0.29, 0.717) is 0 Å². The average Bonchev–Trinajstić information content (AvgIpc) is 1.53. The largest absolute Gasteiger partial charge is 1.00 e. The molecule has 0 N–H and O–H groups in total. The Labute approximate surface area is 101 Å². The predicted molar refractivity (Wildman–Crippen MR) is 31.2 cm³/mol. The molecule has 0 heterocycles. The molecule has 0 radical (unpaired) electrons. The van der Waals surface area contributed by atoms with E-state index in [1.54, 1.807) is 0 Å². The van der Waals surface area contributed by atoms with Gasteiger partial charge in [0.05, 0.1) is 0 Å². The van der Waals surface area contributed by atoms with Crippen molar-refractivity contribution < 1.29 is 64.3 Å². The number of halogens is 3. The van der Waals surface area contributed by atoms with Gasteiger partial charge in [0.15, 0.2) is 0 Å². The molecule has 0 aromatic carbocycles. The molecule has 0 spiro atoms. The van der Waals surface area contributed by atoms with E-state index in [4.69, 9.17) is 0 Å². The first kappa shape index (κ1) is 11.5. The molecule has 0 atom stereocenters. The van der Waals surface area contributed by atoms with E-state index >= 15 is 0 Å². The topological polar surface area (TPSA) is 0 Å². The number of hydrogen-bond donors (Lipinski definition) is 0. The molecule has 0 aromatic heterocycles. The molecule has 0 aliphatic heterocycles. The monoisotopic (exact) mass is 176 g/mol. The minimum atomic E-state index is -4.49. The maximum atomic E-state index is 11.6. The Morgan fingerprint density at radius 3 is 1.80 bits per heavy atom. The van der Waals surface area contributed by atoms with Crippen LogP contribution in [-0.4, -0.2) is 6.98 Å². The Morgan fingerprint density at radius 2 is 1.70 bits per heavy atom. The van der Waals surface area contributed by atoms with E-state index in [0.717, 1.165) is 19.3 Å². The molecule has 0 amide bonds. The summed E-state index contributed by atoms with van der Waals surface area (Å²) in [6.45, 7) is -4.49. The van der Waals surface area contributed by atoms with Crippen molar-refractivity contribution in [3.63, 3.8) is 0 Å². The van der Waals surface area contributed by atoms with Crippen LogP contribution in [0, 0.1) is 5.92 Å². The molecule has 1 aliphatic rings. The minimum Gasteiger partial charge on any atom is -0.449 e. The molecule has 54 valence electrons. The minimum absolute atomic E-state index is 0. The van der Waals surface area contributed by atoms with Crippen LogP contribution in [0.1, 0.15) is 19.3 Å². The third-order valence-corrected chi connectivity index (χ3v) is 1.83. The van der Waals surface area contributed by atoms with Crippen molar-refractivity contribution in [2.24, 2.45) is 5.92 Å². The molecule has 0 unspecified atom stereocenters. The maximum absolute atomic E-state index is 11.6. The first-order valence-electron chi connectivity index (χ1n) is 3.29. The molecule has 1 saturated carbocycles. The van der Waals surface area contributed by atoms with Crippen molar-refractivity contribution in [1.29, 1.82) is 0 Å². The van der Waals surface area contributed by atoms with Gasteiger partial charge < -0.3 is 12.9 Å². The van der Waals surface area contributed by atoms with Gasteiger partial charge in [-0.25, -0.2) is 0 Å². The molecular formula is C5H9BF3K. The van der Waals surface area contributed by atoms with E-state index in [2.05, 4.69) is 0 Å². The fourth-order valence-corrected chi connectivity index (χ4v) is 1.11. The maximum Gasteiger partial charge on any atom is 1.00 e. The van der Waals surface area contributed by atoms with Crippen molar-refractivity contribution in [2.45, 2.75) is 25.6 Å². The summed E-state index contributed by atoms with van der Waals surface area (Å²) < 4.78 is 34.8. The molecule has 0 saturated heterocycles. The quantitative estimate of drug-likeness (QED) is 0.504. The third kappa shape index (κ3) is 4.39. The summed E-state index contributed by atoms with van der Waals surface area (Å²) in [6.07, 6.45) is 2.08. The van der Waals surface area contributed by atoms with E-state index in [9.17, 15) is 12.9 Å². The summed E-state index contributed by atoms with van der Waals surface area (Å²) in [4.78, 5) is 0. The predicted octanol–water partition coefficient (Wildman–Crippen LogP) is -0.362. The Kier molecular flexibility index (Phi) is 5.17. The number of rotatable bonds is 2. The van der Waals surface area contributed by atoms with E-state index in [1.165, 1.54) is 0 Å². The molecule has 0 bridgehead atoms. The second-order valence-electron chi connectivity index (χ2n) is 2.74. The Morgan fingerprint density at radius 1 is 1.20 bits per heavy atom. The third-order valence-electron chi connectivity index (χ3n) is 1.83. The van der Waals surface area contributed by atoms with Gasteiger partial charge in [0, 0.05) is 0 Å². The van der Waals surface area contributed by atoms with Crippen LogP contribution in [0.25, 0.3) is 0 Å². The van der Waals surface area contributed by atoms with Crippen molar-refractivity contribution in [3.05, 3.63) is 0 Å². The van der Waals surface area contributed by atoms with Gasteiger partial charge in [-0.3, -0.25) is 0 Å². The van der Waals surface area contributed by atoms with Crippen molar-refractivity contribution in [2.75, 3.05) is 0 Å². The van der Waals surface area contributed by atoms with Crippen LogP contribution in [0.2, 0.25) is 6.32 Å². The van der Waals surface area contributed by atoms with Gasteiger partial charge in [-0.2, -0.15) is 0 Å². The van der Waals surface area contributed by atoms with Crippen LogP contribution in [-0.2, 0) is 0 Å². The normalized spacial score (nSPS) is 19.5. The summed E-state index contributed by atoms with van der Waals surface area (Å²) in [7, 11) is 0. The van der Waals surface area contributed by atoms with E-state index in [1.807, 2.05) is 0 Å². The van der Waals surface area contributed by atoms with Crippen LogP contribution in [0.15, 0.2) is 0 Å². The fraction of sp³-hybridized carbons (Fsp3) is 1.00. The summed E-state index contributed by atoms with van der Waals surface area (Å²) in [5.74, 6) is -0.0231. The summed E-state index contributed by atoms with van der Waals surface area (Å²) in [5, 5.41) is 0. The summed E-state index contributed by atoms with van der Waals surface area (Å²) >= 11 is 0. The Balaban J connectivity index is 0.000000810. The SMILES string of the molecule is F[B-](F)(F)CC1CCC1.[K+]. The van der Waals surface area contributed by atoms with Crippen LogP contribution in [0.3, 0.4) is 0 Å². The number of hydrogen-bond acceptors (Lipinski definition) is 0. The van der Waals surface area contributed by atoms with Gasteiger partial charge in [0.1, 0.15) is 0 Å². The van der Waals surface area contributed by atoms with Crippen molar-refractivity contribution in [1.82, 2.24) is 0 Å². The molecule has 0 aromatic rings. The summed E-state index contributed by atoms with van der Waals surface area (Å²) in [5.41, 5.74) is 0. The zero-order chi connectivity index (χ0) is 6.91. The molecular weight excluding hydrogens is 167 g/mol. The van der Waals surface area contributed by atoms with Crippen LogP contribution >= 0.6 is 0 Å². The van der Waals surface area contributed by atoms with Gasteiger partial charge in [0.25, 0.3) is 0 Å². The van der Waals surface area contributed by atoms with E-state index in [-0.39, 0.29) is 57.3 Å². The molecule has 0 nitrogen and oxygen atoms in total. The van der Waals surface area contributed by atoms with Gasteiger partial charge >= 0.3 is 58.4 Å². The fourth-order valence-electron chi connectivity index (χ4n) is 1.11. The Bertz CT molecular complexity index is 99.6. The zero-order valence-corrected chi connectivity index (χ0v) is 9.24. The molecule has 10 heavy (non-hydrogen) atoms. The van der Waals surface area contributed by atoms with Crippen LogP contribution in [0.5, 0.6) is 0 Å². The molecule has 1 fully saturated rings. The zero-order valence-electron chi connectivity index (χ0n) is 6.12. The molecule has 1 aliphatic carbocycles. The second kappa shape index (κ2) is 4.50. The summed E-state index contributed by atoms with van der Waals surface area (Å²) in [6, 6.07) is 0.